The summed E-state index contributed by atoms with van der Waals surface area (Å²) in [5, 5.41) is 11.6. The van der Waals surface area contributed by atoms with Crippen LogP contribution in [0.1, 0.15) is 24.3 Å². The molecule has 0 saturated heterocycles. The summed E-state index contributed by atoms with van der Waals surface area (Å²) in [6.07, 6.45) is 0. The smallest absolute Gasteiger partial charge is 0.352 e. The van der Waals surface area contributed by atoms with Crippen LogP contribution in [0.25, 0.3) is 0 Å². The maximum atomic E-state index is 11.6. The molecule has 0 aliphatic heterocycles. The molecule has 6 heteroatoms. The highest BCUT2D eigenvalue weighted by Crippen LogP contribution is 1.97. The molecule has 0 aliphatic carbocycles. The van der Waals surface area contributed by atoms with Gasteiger partial charge in [-0.15, -0.1) is 0 Å². The number of carbonyl (C=O) groups is 2. The minimum atomic E-state index is -1.23. The molecule has 0 aliphatic rings. The number of hydrogen-bond acceptors (Lipinski definition) is 3. The lowest BCUT2D eigenvalue weighted by Crippen LogP contribution is -2.35. The number of carbonyl (C=O) groups excluding carboxylic acids is 1. The van der Waals surface area contributed by atoms with Crippen LogP contribution in [0.5, 0.6) is 0 Å². The van der Waals surface area contributed by atoms with Gasteiger partial charge in [0.15, 0.2) is 0 Å². The normalized spacial score (nSPS) is 10.4. The van der Waals surface area contributed by atoms with E-state index in [4.69, 9.17) is 5.11 Å². The van der Waals surface area contributed by atoms with E-state index >= 15 is 0 Å². The number of amides is 1. The van der Waals surface area contributed by atoms with Gasteiger partial charge >= 0.3 is 5.97 Å². The van der Waals surface area contributed by atoms with E-state index in [0.29, 0.717) is 12.5 Å². The molecule has 1 amide bonds. The first-order valence-electron chi connectivity index (χ1n) is 5.61. The molecule has 0 aromatic carbocycles. The molecule has 1 aromatic heterocycles. The molecule has 1 rings (SSSR count). The zero-order valence-electron chi connectivity index (χ0n) is 10.3. The molecule has 98 valence electrons. The van der Waals surface area contributed by atoms with Crippen molar-refractivity contribution in [3.8, 4) is 0 Å². The van der Waals surface area contributed by atoms with Crippen LogP contribution in [0, 0.1) is 5.92 Å². The summed E-state index contributed by atoms with van der Waals surface area (Å²) in [7, 11) is 0. The molecule has 6 nitrogen and oxygen atoms in total. The van der Waals surface area contributed by atoms with Crippen LogP contribution in [-0.2, 0) is 11.3 Å². The van der Waals surface area contributed by atoms with Crippen LogP contribution < -0.4 is 10.9 Å². The number of carboxylic acid groups (broad SMARTS) is 1. The summed E-state index contributed by atoms with van der Waals surface area (Å²) in [4.78, 5) is 34.0. The van der Waals surface area contributed by atoms with Crippen molar-refractivity contribution in [2.75, 3.05) is 6.54 Å². The molecular formula is C12H16N2O4. The van der Waals surface area contributed by atoms with Gasteiger partial charge in [0.05, 0.1) is 0 Å². The number of pyridine rings is 1. The molecule has 2 N–H and O–H groups in total. The highest BCUT2D eigenvalue weighted by atomic mass is 16.4. The highest BCUT2D eigenvalue weighted by Gasteiger charge is 2.13. The van der Waals surface area contributed by atoms with Gasteiger partial charge < -0.3 is 10.4 Å². The number of rotatable bonds is 5. The zero-order valence-corrected chi connectivity index (χ0v) is 10.3. The first-order valence-corrected chi connectivity index (χ1v) is 5.61. The van der Waals surface area contributed by atoms with Crippen molar-refractivity contribution < 1.29 is 14.7 Å². The summed E-state index contributed by atoms with van der Waals surface area (Å²) in [6.45, 7) is 4.09. The third kappa shape index (κ3) is 3.73. The molecule has 0 bridgehead atoms. The fourth-order valence-corrected chi connectivity index (χ4v) is 1.39. The predicted molar refractivity (Wildman–Crippen MR) is 65.5 cm³/mol. The lowest BCUT2D eigenvalue weighted by atomic mass is 10.2. The minimum Gasteiger partial charge on any atom is -0.477 e. The number of nitrogens with zero attached hydrogens (tertiary/aromatic N) is 1. The monoisotopic (exact) mass is 252 g/mol. The molecule has 0 saturated carbocycles. The standard InChI is InChI=1S/C12H16N2O4/c1-8(2)6-13-10(15)7-14-9(12(17)18)4-3-5-11(14)16/h3-5,8H,6-7H2,1-2H3,(H,13,15)(H,17,18). The Morgan fingerprint density at radius 2 is 2.06 bits per heavy atom. The Labute approximate surface area is 104 Å². The van der Waals surface area contributed by atoms with E-state index in [9.17, 15) is 14.4 Å². The second-order valence-electron chi connectivity index (χ2n) is 4.34. The molecule has 0 unspecified atom stereocenters. The second kappa shape index (κ2) is 6.00. The van der Waals surface area contributed by atoms with E-state index in [0.717, 1.165) is 4.57 Å². The SMILES string of the molecule is CC(C)CNC(=O)Cn1c(C(=O)O)cccc1=O. The second-order valence-corrected chi connectivity index (χ2v) is 4.34. The molecular weight excluding hydrogens is 236 g/mol. The van der Waals surface area contributed by atoms with Crippen LogP contribution in [-0.4, -0.2) is 28.1 Å². The number of aromatic carboxylic acids is 1. The minimum absolute atomic E-state index is 0.192. The summed E-state index contributed by atoms with van der Waals surface area (Å²) in [6, 6.07) is 3.87. The van der Waals surface area contributed by atoms with Gasteiger partial charge in [0.2, 0.25) is 5.91 Å². The number of nitrogens with one attached hydrogen (secondary N) is 1. The number of carboxylic acids is 1. The fraction of sp³-hybridized carbons (Fsp3) is 0.417. The molecule has 0 spiro atoms. The van der Waals surface area contributed by atoms with Crippen LogP contribution in [0.4, 0.5) is 0 Å². The third-order valence-corrected chi connectivity index (χ3v) is 2.28. The number of aromatic nitrogens is 1. The fourth-order valence-electron chi connectivity index (χ4n) is 1.39. The van der Waals surface area contributed by atoms with Crippen LogP contribution >= 0.6 is 0 Å². The van der Waals surface area contributed by atoms with E-state index in [-0.39, 0.29) is 18.1 Å². The Bertz CT molecular complexity index is 505. The van der Waals surface area contributed by atoms with Gasteiger partial charge in [-0.25, -0.2) is 4.79 Å². The average Bonchev–Trinajstić information content (AvgIpc) is 2.28. The molecule has 1 heterocycles. The van der Waals surface area contributed by atoms with Crippen molar-refractivity contribution in [1.29, 1.82) is 0 Å². The van der Waals surface area contributed by atoms with Crippen LogP contribution in [0.3, 0.4) is 0 Å². The van der Waals surface area contributed by atoms with Gasteiger partial charge in [-0.05, 0) is 12.0 Å². The van der Waals surface area contributed by atoms with Crippen molar-refractivity contribution in [3.05, 3.63) is 34.2 Å². The molecule has 1 aromatic rings. The lowest BCUT2D eigenvalue weighted by molar-refractivity contribution is -0.121. The van der Waals surface area contributed by atoms with Gasteiger partial charge in [0.25, 0.3) is 5.56 Å². The Morgan fingerprint density at radius 3 is 2.61 bits per heavy atom. The Balaban J connectivity index is 2.87. The predicted octanol–water partition coefficient (Wildman–Crippen LogP) is 0.319. The van der Waals surface area contributed by atoms with Crippen molar-refractivity contribution in [2.45, 2.75) is 20.4 Å². The summed E-state index contributed by atoms with van der Waals surface area (Å²) < 4.78 is 0.942. The van der Waals surface area contributed by atoms with Crippen LogP contribution in [0.2, 0.25) is 0 Å². The Hall–Kier alpha value is -2.11. The highest BCUT2D eigenvalue weighted by molar-refractivity contribution is 5.86. The first kappa shape index (κ1) is 14.0. The van der Waals surface area contributed by atoms with Gasteiger partial charge in [-0.3, -0.25) is 14.2 Å². The quantitative estimate of drug-likeness (QED) is 0.789. The zero-order chi connectivity index (χ0) is 13.7. The topological polar surface area (TPSA) is 88.4 Å². The van der Waals surface area contributed by atoms with Gasteiger partial charge in [0.1, 0.15) is 12.2 Å². The molecule has 0 fully saturated rings. The van der Waals surface area contributed by atoms with E-state index in [1.165, 1.54) is 18.2 Å². The van der Waals surface area contributed by atoms with Crippen LogP contribution in [0.15, 0.2) is 23.0 Å². The summed E-state index contributed by atoms with van der Waals surface area (Å²) in [5.41, 5.74) is -0.697. The van der Waals surface area contributed by atoms with Gasteiger partial charge in [-0.2, -0.15) is 0 Å². The van der Waals surface area contributed by atoms with Crippen molar-refractivity contribution in [1.82, 2.24) is 9.88 Å². The van der Waals surface area contributed by atoms with Gasteiger partial charge in [-0.1, -0.05) is 19.9 Å². The van der Waals surface area contributed by atoms with E-state index < -0.39 is 11.5 Å². The van der Waals surface area contributed by atoms with E-state index in [2.05, 4.69) is 5.32 Å². The largest absolute Gasteiger partial charge is 0.477 e. The maximum absolute atomic E-state index is 11.6. The summed E-state index contributed by atoms with van der Waals surface area (Å²) in [5.74, 6) is -1.32. The van der Waals surface area contributed by atoms with Crippen molar-refractivity contribution in [3.63, 3.8) is 0 Å². The lowest BCUT2D eigenvalue weighted by Gasteiger charge is -2.11. The van der Waals surface area contributed by atoms with Crippen molar-refractivity contribution in [2.24, 2.45) is 5.92 Å². The Morgan fingerprint density at radius 1 is 1.39 bits per heavy atom. The first-order chi connectivity index (χ1) is 8.41. The third-order valence-electron chi connectivity index (χ3n) is 2.28. The number of hydrogen-bond donors (Lipinski definition) is 2. The maximum Gasteiger partial charge on any atom is 0.352 e. The van der Waals surface area contributed by atoms with E-state index in [1.807, 2.05) is 13.8 Å². The molecule has 0 atom stereocenters. The van der Waals surface area contributed by atoms with Gasteiger partial charge in [0, 0.05) is 12.6 Å². The van der Waals surface area contributed by atoms with E-state index in [1.54, 1.807) is 0 Å². The molecule has 18 heavy (non-hydrogen) atoms. The Kier molecular flexibility index (Phi) is 4.65. The average molecular weight is 252 g/mol. The molecule has 0 radical (unpaired) electrons. The van der Waals surface area contributed by atoms with Crippen molar-refractivity contribution >= 4 is 11.9 Å². The summed E-state index contributed by atoms with van der Waals surface area (Å²) >= 11 is 0.